The van der Waals surface area contributed by atoms with E-state index in [9.17, 15) is 0 Å². The summed E-state index contributed by atoms with van der Waals surface area (Å²) in [6.45, 7) is 12.0. The third-order valence-corrected chi connectivity index (χ3v) is 3.79. The predicted octanol–water partition coefficient (Wildman–Crippen LogP) is 4.05. The molecule has 1 aromatic carbocycles. The molecule has 0 heterocycles. The highest BCUT2D eigenvalue weighted by atomic mass is 16.5. The number of nitrogens with one attached hydrogen (secondary N) is 1. The van der Waals surface area contributed by atoms with Crippen molar-refractivity contribution in [3.8, 4) is 11.5 Å². The molecule has 0 spiro atoms. The van der Waals surface area contributed by atoms with Crippen LogP contribution in [0.25, 0.3) is 0 Å². The molecule has 0 amide bonds. The van der Waals surface area contributed by atoms with Gasteiger partial charge in [0.25, 0.3) is 0 Å². The first-order valence-corrected chi connectivity index (χ1v) is 8.34. The van der Waals surface area contributed by atoms with E-state index in [-0.39, 0.29) is 0 Å². The molecule has 3 nitrogen and oxygen atoms in total. The van der Waals surface area contributed by atoms with Gasteiger partial charge < -0.3 is 14.8 Å². The van der Waals surface area contributed by atoms with Gasteiger partial charge in [0.2, 0.25) is 0 Å². The van der Waals surface area contributed by atoms with E-state index >= 15 is 0 Å². The highest BCUT2D eigenvalue weighted by Gasteiger charge is 2.06. The Hall–Kier alpha value is -1.22. The minimum atomic E-state index is 0.663. The van der Waals surface area contributed by atoms with Crippen LogP contribution in [-0.4, -0.2) is 26.3 Å². The van der Waals surface area contributed by atoms with Gasteiger partial charge in [-0.25, -0.2) is 0 Å². The number of benzene rings is 1. The highest BCUT2D eigenvalue weighted by molar-refractivity contribution is 5.43. The summed E-state index contributed by atoms with van der Waals surface area (Å²) in [5.41, 5.74) is 1.29. The number of ether oxygens (including phenoxy) is 2. The lowest BCUT2D eigenvalue weighted by Gasteiger charge is -2.14. The van der Waals surface area contributed by atoms with Crippen LogP contribution in [0.5, 0.6) is 11.5 Å². The molecule has 1 N–H and O–H groups in total. The van der Waals surface area contributed by atoms with E-state index in [4.69, 9.17) is 9.47 Å². The van der Waals surface area contributed by atoms with Crippen molar-refractivity contribution in [1.82, 2.24) is 5.32 Å². The second kappa shape index (κ2) is 10.5. The van der Waals surface area contributed by atoms with Crippen molar-refractivity contribution in [3.63, 3.8) is 0 Å². The Morgan fingerprint density at radius 1 is 0.952 bits per heavy atom. The third kappa shape index (κ3) is 6.38. The van der Waals surface area contributed by atoms with Gasteiger partial charge in [-0.15, -0.1) is 0 Å². The van der Waals surface area contributed by atoms with Crippen molar-refractivity contribution in [2.45, 2.75) is 47.0 Å². The summed E-state index contributed by atoms with van der Waals surface area (Å²) in [5, 5.41) is 3.55. The van der Waals surface area contributed by atoms with Gasteiger partial charge in [0.15, 0.2) is 11.5 Å². The van der Waals surface area contributed by atoms with E-state index in [0.29, 0.717) is 13.2 Å². The highest BCUT2D eigenvalue weighted by Crippen LogP contribution is 2.28. The maximum atomic E-state index is 5.66. The molecule has 0 unspecified atom stereocenters. The van der Waals surface area contributed by atoms with E-state index in [2.05, 4.69) is 31.3 Å². The fourth-order valence-electron chi connectivity index (χ4n) is 2.37. The number of rotatable bonds is 11. The van der Waals surface area contributed by atoms with Gasteiger partial charge >= 0.3 is 0 Å². The molecule has 0 aliphatic heterocycles. The van der Waals surface area contributed by atoms with Gasteiger partial charge in [-0.3, -0.25) is 0 Å². The standard InChI is InChI=1S/C18H31NO2/c1-5-15(6-2)14-19-12-11-16-9-10-17(20-7-3)18(13-16)21-8-4/h9-10,13,15,19H,5-8,11-12,14H2,1-4H3. The van der Waals surface area contributed by atoms with Crippen molar-refractivity contribution in [3.05, 3.63) is 23.8 Å². The molecule has 0 aromatic heterocycles. The lowest BCUT2D eigenvalue weighted by Crippen LogP contribution is -2.24. The minimum Gasteiger partial charge on any atom is -0.490 e. The van der Waals surface area contributed by atoms with Gasteiger partial charge in [-0.2, -0.15) is 0 Å². The predicted molar refractivity (Wildman–Crippen MR) is 89.4 cm³/mol. The summed E-state index contributed by atoms with van der Waals surface area (Å²) >= 11 is 0. The average Bonchev–Trinajstić information content (AvgIpc) is 2.50. The smallest absolute Gasteiger partial charge is 0.161 e. The molecule has 1 aromatic rings. The Morgan fingerprint density at radius 3 is 2.24 bits per heavy atom. The summed E-state index contributed by atoms with van der Waals surface area (Å²) in [7, 11) is 0. The first-order chi connectivity index (χ1) is 10.2. The van der Waals surface area contributed by atoms with E-state index in [1.54, 1.807) is 0 Å². The molecule has 1 rings (SSSR count). The summed E-state index contributed by atoms with van der Waals surface area (Å²) in [4.78, 5) is 0. The maximum Gasteiger partial charge on any atom is 0.161 e. The van der Waals surface area contributed by atoms with E-state index < -0.39 is 0 Å². The van der Waals surface area contributed by atoms with Crippen molar-refractivity contribution in [1.29, 1.82) is 0 Å². The van der Waals surface area contributed by atoms with Crippen LogP contribution < -0.4 is 14.8 Å². The third-order valence-electron chi connectivity index (χ3n) is 3.79. The molecule has 0 atom stereocenters. The summed E-state index contributed by atoms with van der Waals surface area (Å²) < 4.78 is 11.3. The van der Waals surface area contributed by atoms with Crippen LogP contribution in [0.15, 0.2) is 18.2 Å². The van der Waals surface area contributed by atoms with Gasteiger partial charge in [0.05, 0.1) is 13.2 Å². The zero-order valence-electron chi connectivity index (χ0n) is 14.1. The topological polar surface area (TPSA) is 30.5 Å². The lowest BCUT2D eigenvalue weighted by atomic mass is 10.0. The Bertz CT molecular complexity index is 389. The van der Waals surface area contributed by atoms with Crippen molar-refractivity contribution < 1.29 is 9.47 Å². The second-order valence-corrected chi connectivity index (χ2v) is 5.28. The van der Waals surface area contributed by atoms with Crippen LogP contribution in [0.1, 0.15) is 46.1 Å². The Kier molecular flexibility index (Phi) is 8.91. The van der Waals surface area contributed by atoms with Crippen LogP contribution in [-0.2, 0) is 6.42 Å². The first kappa shape index (κ1) is 17.8. The van der Waals surface area contributed by atoms with Crippen molar-refractivity contribution >= 4 is 0 Å². The van der Waals surface area contributed by atoms with E-state index in [0.717, 1.165) is 36.9 Å². The molecule has 3 heteroatoms. The quantitative estimate of drug-likeness (QED) is 0.624. The molecule has 0 aliphatic carbocycles. The number of hydrogen-bond donors (Lipinski definition) is 1. The fourth-order valence-corrected chi connectivity index (χ4v) is 2.37. The Labute approximate surface area is 130 Å². The molecular formula is C18H31NO2. The van der Waals surface area contributed by atoms with Crippen LogP contribution in [0.4, 0.5) is 0 Å². The van der Waals surface area contributed by atoms with Crippen LogP contribution in [0, 0.1) is 5.92 Å². The summed E-state index contributed by atoms with van der Waals surface area (Å²) in [6.07, 6.45) is 3.52. The SMILES string of the molecule is CCOc1ccc(CCNCC(CC)CC)cc1OCC. The Morgan fingerprint density at radius 2 is 1.62 bits per heavy atom. The molecular weight excluding hydrogens is 262 g/mol. The summed E-state index contributed by atoms with van der Waals surface area (Å²) in [6, 6.07) is 6.25. The largest absolute Gasteiger partial charge is 0.490 e. The van der Waals surface area contributed by atoms with Crippen LogP contribution >= 0.6 is 0 Å². The minimum absolute atomic E-state index is 0.663. The van der Waals surface area contributed by atoms with E-state index in [1.165, 1.54) is 18.4 Å². The average molecular weight is 293 g/mol. The second-order valence-electron chi connectivity index (χ2n) is 5.28. The van der Waals surface area contributed by atoms with Gasteiger partial charge in [-0.05, 0) is 57.0 Å². The first-order valence-electron chi connectivity index (χ1n) is 8.34. The maximum absolute atomic E-state index is 5.66. The van der Waals surface area contributed by atoms with Crippen LogP contribution in [0.3, 0.4) is 0 Å². The molecule has 0 saturated carbocycles. The van der Waals surface area contributed by atoms with Crippen molar-refractivity contribution in [2.75, 3.05) is 26.3 Å². The van der Waals surface area contributed by atoms with Gasteiger partial charge in [0, 0.05) is 0 Å². The monoisotopic (exact) mass is 293 g/mol. The molecule has 0 radical (unpaired) electrons. The molecule has 21 heavy (non-hydrogen) atoms. The molecule has 0 saturated heterocycles. The molecule has 0 bridgehead atoms. The van der Waals surface area contributed by atoms with Gasteiger partial charge in [0.1, 0.15) is 0 Å². The molecule has 0 aliphatic rings. The van der Waals surface area contributed by atoms with Crippen molar-refractivity contribution in [2.24, 2.45) is 5.92 Å². The van der Waals surface area contributed by atoms with Crippen LogP contribution in [0.2, 0.25) is 0 Å². The number of hydrogen-bond acceptors (Lipinski definition) is 3. The summed E-state index contributed by atoms with van der Waals surface area (Å²) in [5.74, 6) is 2.49. The lowest BCUT2D eigenvalue weighted by molar-refractivity contribution is 0.287. The molecule has 120 valence electrons. The Balaban J connectivity index is 2.49. The molecule has 0 fully saturated rings. The zero-order chi connectivity index (χ0) is 15.5. The zero-order valence-corrected chi connectivity index (χ0v) is 14.1. The normalized spacial score (nSPS) is 10.9. The van der Waals surface area contributed by atoms with E-state index in [1.807, 2.05) is 19.9 Å². The fraction of sp³-hybridized carbons (Fsp3) is 0.667. The van der Waals surface area contributed by atoms with Gasteiger partial charge in [-0.1, -0.05) is 32.8 Å².